The third-order valence-electron chi connectivity index (χ3n) is 3.74. The molecule has 27 heavy (non-hydrogen) atoms. The minimum absolute atomic E-state index is 0.344. The SMILES string of the molecule is COC(=O)Nc1cccc(NC(=O)NCc2ccc(-n3ccnc3)cc2)c1. The van der Waals surface area contributed by atoms with E-state index < -0.39 is 6.09 Å². The second-order valence-electron chi connectivity index (χ2n) is 5.64. The van der Waals surface area contributed by atoms with Gasteiger partial charge in [-0.1, -0.05) is 18.2 Å². The van der Waals surface area contributed by atoms with Gasteiger partial charge in [-0.05, 0) is 35.9 Å². The first-order chi connectivity index (χ1) is 13.1. The lowest BCUT2D eigenvalue weighted by atomic mass is 10.2. The minimum atomic E-state index is -0.573. The van der Waals surface area contributed by atoms with Crippen molar-refractivity contribution in [2.75, 3.05) is 17.7 Å². The van der Waals surface area contributed by atoms with E-state index in [1.165, 1.54) is 7.11 Å². The molecule has 8 heteroatoms. The zero-order chi connectivity index (χ0) is 19.1. The monoisotopic (exact) mass is 365 g/mol. The van der Waals surface area contributed by atoms with Crippen LogP contribution in [0.4, 0.5) is 21.0 Å². The van der Waals surface area contributed by atoms with Gasteiger partial charge in [0.05, 0.1) is 13.4 Å². The number of hydrogen-bond donors (Lipinski definition) is 3. The van der Waals surface area contributed by atoms with Crippen molar-refractivity contribution in [2.45, 2.75) is 6.54 Å². The Labute approximate surface area is 156 Å². The van der Waals surface area contributed by atoms with Crippen molar-refractivity contribution < 1.29 is 14.3 Å². The number of carbonyl (C=O) groups is 2. The molecule has 3 amide bonds. The molecule has 3 aromatic rings. The number of benzene rings is 2. The first kappa shape index (κ1) is 18.0. The molecule has 0 radical (unpaired) electrons. The molecule has 2 aromatic carbocycles. The molecule has 0 aliphatic carbocycles. The van der Waals surface area contributed by atoms with Crippen molar-refractivity contribution in [2.24, 2.45) is 0 Å². The molecule has 0 aliphatic rings. The second kappa shape index (κ2) is 8.52. The molecule has 0 bridgehead atoms. The smallest absolute Gasteiger partial charge is 0.411 e. The van der Waals surface area contributed by atoms with Gasteiger partial charge in [0.15, 0.2) is 0 Å². The number of ether oxygens (including phenoxy) is 1. The Balaban J connectivity index is 1.52. The molecule has 3 N–H and O–H groups in total. The third kappa shape index (κ3) is 5.08. The quantitative estimate of drug-likeness (QED) is 0.646. The van der Waals surface area contributed by atoms with Gasteiger partial charge in [0.2, 0.25) is 0 Å². The summed E-state index contributed by atoms with van der Waals surface area (Å²) < 4.78 is 6.44. The Kier molecular flexibility index (Phi) is 5.68. The topological polar surface area (TPSA) is 97.3 Å². The van der Waals surface area contributed by atoms with Crippen molar-refractivity contribution in [3.8, 4) is 5.69 Å². The summed E-state index contributed by atoms with van der Waals surface area (Å²) in [6.45, 7) is 0.385. The Morgan fingerprint density at radius 3 is 2.48 bits per heavy atom. The number of carbonyl (C=O) groups excluding carboxylic acids is 2. The highest BCUT2D eigenvalue weighted by atomic mass is 16.5. The van der Waals surface area contributed by atoms with Gasteiger partial charge in [0.1, 0.15) is 0 Å². The van der Waals surface area contributed by atoms with Crippen LogP contribution in [0.5, 0.6) is 0 Å². The Bertz CT molecular complexity index is 907. The van der Waals surface area contributed by atoms with Gasteiger partial charge in [-0.25, -0.2) is 14.6 Å². The summed E-state index contributed by atoms with van der Waals surface area (Å²) in [6.07, 6.45) is 4.74. The van der Waals surface area contributed by atoms with Gasteiger partial charge in [0.25, 0.3) is 0 Å². The van der Waals surface area contributed by atoms with Gasteiger partial charge in [-0.15, -0.1) is 0 Å². The van der Waals surface area contributed by atoms with Crippen LogP contribution in [-0.2, 0) is 11.3 Å². The zero-order valence-electron chi connectivity index (χ0n) is 14.7. The lowest BCUT2D eigenvalue weighted by Crippen LogP contribution is -2.28. The standard InChI is InChI=1S/C19H19N5O3/c1-27-19(26)23-16-4-2-3-15(11-16)22-18(25)21-12-14-5-7-17(8-6-14)24-10-9-20-13-24/h2-11,13H,12H2,1H3,(H,23,26)(H2,21,22,25). The predicted octanol–water partition coefficient (Wildman–Crippen LogP) is 3.37. The third-order valence-corrected chi connectivity index (χ3v) is 3.74. The van der Waals surface area contributed by atoms with E-state index in [1.54, 1.807) is 36.8 Å². The molecule has 8 nitrogen and oxygen atoms in total. The average Bonchev–Trinajstić information content (AvgIpc) is 3.22. The summed E-state index contributed by atoms with van der Waals surface area (Å²) in [7, 11) is 1.28. The number of rotatable bonds is 5. The van der Waals surface area contributed by atoms with Crippen molar-refractivity contribution in [3.05, 3.63) is 72.8 Å². The molecule has 3 rings (SSSR count). The predicted molar refractivity (Wildman–Crippen MR) is 102 cm³/mol. The van der Waals surface area contributed by atoms with Crippen LogP contribution in [0.15, 0.2) is 67.3 Å². The fourth-order valence-corrected chi connectivity index (χ4v) is 2.40. The van der Waals surface area contributed by atoms with Crippen molar-refractivity contribution in [3.63, 3.8) is 0 Å². The number of methoxy groups -OCH3 is 1. The van der Waals surface area contributed by atoms with E-state index in [9.17, 15) is 9.59 Å². The normalized spacial score (nSPS) is 10.1. The minimum Gasteiger partial charge on any atom is -0.453 e. The number of hydrogen-bond acceptors (Lipinski definition) is 4. The lowest BCUT2D eigenvalue weighted by Gasteiger charge is -2.10. The fourth-order valence-electron chi connectivity index (χ4n) is 2.40. The van der Waals surface area contributed by atoms with Crippen LogP contribution in [0, 0.1) is 0 Å². The van der Waals surface area contributed by atoms with Crippen LogP contribution >= 0.6 is 0 Å². The number of nitrogens with one attached hydrogen (secondary N) is 3. The average molecular weight is 365 g/mol. The summed E-state index contributed by atoms with van der Waals surface area (Å²) in [5, 5.41) is 8.06. The fraction of sp³-hybridized carbons (Fsp3) is 0.105. The highest BCUT2D eigenvalue weighted by Gasteiger charge is 2.05. The molecular weight excluding hydrogens is 346 g/mol. The van der Waals surface area contributed by atoms with Gasteiger partial charge in [-0.3, -0.25) is 5.32 Å². The highest BCUT2D eigenvalue weighted by Crippen LogP contribution is 2.15. The van der Waals surface area contributed by atoms with E-state index in [1.807, 2.05) is 35.0 Å². The Morgan fingerprint density at radius 1 is 1.07 bits per heavy atom. The zero-order valence-corrected chi connectivity index (χ0v) is 14.7. The van der Waals surface area contributed by atoms with Crippen molar-refractivity contribution >= 4 is 23.5 Å². The summed E-state index contributed by atoms with van der Waals surface area (Å²) >= 11 is 0. The second-order valence-corrected chi connectivity index (χ2v) is 5.64. The number of nitrogens with zero attached hydrogens (tertiary/aromatic N) is 2. The molecule has 0 saturated carbocycles. The van der Waals surface area contributed by atoms with Crippen LogP contribution in [0.1, 0.15) is 5.56 Å². The molecule has 0 saturated heterocycles. The van der Waals surface area contributed by atoms with E-state index in [0.717, 1.165) is 11.3 Å². The van der Waals surface area contributed by atoms with Gasteiger partial charge in [-0.2, -0.15) is 0 Å². The molecule has 0 atom stereocenters. The molecule has 0 aliphatic heterocycles. The van der Waals surface area contributed by atoms with Crippen LogP contribution in [0.2, 0.25) is 0 Å². The van der Waals surface area contributed by atoms with E-state index in [0.29, 0.717) is 17.9 Å². The summed E-state index contributed by atoms with van der Waals surface area (Å²) in [4.78, 5) is 27.3. The van der Waals surface area contributed by atoms with Gasteiger partial charge >= 0.3 is 12.1 Å². The molecule has 1 heterocycles. The van der Waals surface area contributed by atoms with Crippen LogP contribution in [-0.4, -0.2) is 28.8 Å². The first-order valence-corrected chi connectivity index (χ1v) is 8.21. The number of anilines is 2. The maximum absolute atomic E-state index is 12.1. The molecular formula is C19H19N5O3. The van der Waals surface area contributed by atoms with Crippen molar-refractivity contribution in [1.82, 2.24) is 14.9 Å². The maximum Gasteiger partial charge on any atom is 0.411 e. The summed E-state index contributed by atoms with van der Waals surface area (Å²) in [5.41, 5.74) is 3.04. The van der Waals surface area contributed by atoms with E-state index in [4.69, 9.17) is 0 Å². The van der Waals surface area contributed by atoms with Crippen LogP contribution in [0.25, 0.3) is 5.69 Å². The Morgan fingerprint density at radius 2 is 1.81 bits per heavy atom. The first-order valence-electron chi connectivity index (χ1n) is 8.21. The van der Waals surface area contributed by atoms with E-state index in [2.05, 4.69) is 25.7 Å². The van der Waals surface area contributed by atoms with E-state index >= 15 is 0 Å². The summed E-state index contributed by atoms with van der Waals surface area (Å²) in [5.74, 6) is 0. The number of aromatic nitrogens is 2. The maximum atomic E-state index is 12.1. The highest BCUT2D eigenvalue weighted by molar-refractivity contribution is 5.91. The largest absolute Gasteiger partial charge is 0.453 e. The van der Waals surface area contributed by atoms with Gasteiger partial charge < -0.3 is 19.9 Å². The number of imidazole rings is 1. The Hall–Kier alpha value is -3.81. The lowest BCUT2D eigenvalue weighted by molar-refractivity contribution is 0.187. The van der Waals surface area contributed by atoms with Crippen LogP contribution in [0.3, 0.4) is 0 Å². The molecule has 138 valence electrons. The molecule has 0 spiro atoms. The van der Waals surface area contributed by atoms with E-state index in [-0.39, 0.29) is 6.03 Å². The number of amides is 3. The molecule has 1 aromatic heterocycles. The van der Waals surface area contributed by atoms with Crippen molar-refractivity contribution in [1.29, 1.82) is 0 Å². The van der Waals surface area contributed by atoms with Gasteiger partial charge in [0, 0.05) is 36.0 Å². The van der Waals surface area contributed by atoms with Crippen LogP contribution < -0.4 is 16.0 Å². The number of urea groups is 1. The molecule has 0 fully saturated rings. The summed E-state index contributed by atoms with van der Waals surface area (Å²) in [6, 6.07) is 14.2. The molecule has 0 unspecified atom stereocenters.